The van der Waals surface area contributed by atoms with Gasteiger partial charge in [-0.3, -0.25) is 14.6 Å². The zero-order chi connectivity index (χ0) is 31.2. The summed E-state index contributed by atoms with van der Waals surface area (Å²) in [6.07, 6.45) is 18.5. The third kappa shape index (κ3) is 7.76. The summed E-state index contributed by atoms with van der Waals surface area (Å²) in [5.41, 5.74) is 7.65. The van der Waals surface area contributed by atoms with Crippen LogP contribution in [0.5, 0.6) is 0 Å². The Bertz CT molecular complexity index is 1400. The van der Waals surface area contributed by atoms with Crippen LogP contribution in [0.1, 0.15) is 63.2 Å². The fraction of sp³-hybridized carbons (Fsp3) is 0.588. The Morgan fingerprint density at radius 2 is 2.02 bits per heavy atom. The summed E-state index contributed by atoms with van der Waals surface area (Å²) in [7, 11) is 0. The number of carbonyl (C=O) groups excluding carboxylic acids is 2. The number of ether oxygens (including phenoxy) is 1. The quantitative estimate of drug-likeness (QED) is 0.382. The minimum absolute atomic E-state index is 0.0262. The first kappa shape index (κ1) is 31.7. The summed E-state index contributed by atoms with van der Waals surface area (Å²) in [6.45, 7) is 7.09. The van der Waals surface area contributed by atoms with Gasteiger partial charge in [0, 0.05) is 40.4 Å². The maximum absolute atomic E-state index is 13.8. The molecule has 1 aliphatic carbocycles. The van der Waals surface area contributed by atoms with E-state index in [1.807, 2.05) is 17.2 Å². The van der Waals surface area contributed by atoms with Crippen molar-refractivity contribution in [2.75, 3.05) is 39.3 Å². The molecular weight excluding hydrogens is 586 g/mol. The molecule has 0 radical (unpaired) electrons. The maximum atomic E-state index is 13.8. The van der Waals surface area contributed by atoms with E-state index in [4.69, 9.17) is 15.5 Å². The van der Waals surface area contributed by atoms with Crippen molar-refractivity contribution in [2.45, 2.75) is 89.1 Å². The number of aliphatic imine (C=N–C) groups is 1. The lowest BCUT2D eigenvalue weighted by Crippen LogP contribution is -2.63. The van der Waals surface area contributed by atoms with Gasteiger partial charge in [-0.15, -0.1) is 11.3 Å². The number of hydrogen-bond acceptors (Lipinski definition) is 9. The van der Waals surface area contributed by atoms with Crippen LogP contribution in [-0.4, -0.2) is 101 Å². The Balaban J connectivity index is 1.10. The summed E-state index contributed by atoms with van der Waals surface area (Å²) in [4.78, 5) is 43.9. The monoisotopic (exact) mass is 633 g/mol. The van der Waals surface area contributed by atoms with Gasteiger partial charge in [-0.25, -0.2) is 4.99 Å². The van der Waals surface area contributed by atoms with Gasteiger partial charge in [0.05, 0.1) is 25.2 Å². The molecule has 3 N–H and O–H groups in total. The van der Waals surface area contributed by atoms with E-state index < -0.39 is 12.1 Å². The predicted molar refractivity (Wildman–Crippen MR) is 179 cm³/mol. The first-order valence-electron chi connectivity index (χ1n) is 16.7. The number of fused-ring (bicyclic) bond motifs is 1. The molecular formula is C34H47N7O3S. The van der Waals surface area contributed by atoms with Gasteiger partial charge >= 0.3 is 0 Å². The molecule has 10 nitrogen and oxygen atoms in total. The molecule has 3 aliphatic heterocycles. The van der Waals surface area contributed by atoms with Crippen molar-refractivity contribution in [3.8, 4) is 0 Å². The third-order valence-corrected chi connectivity index (χ3v) is 10.5. The molecule has 4 aliphatic rings. The second kappa shape index (κ2) is 14.9. The Labute approximate surface area is 270 Å². The summed E-state index contributed by atoms with van der Waals surface area (Å²) < 4.78 is 7.52. The van der Waals surface area contributed by atoms with Gasteiger partial charge in [0.15, 0.2) is 0 Å². The summed E-state index contributed by atoms with van der Waals surface area (Å²) in [5.74, 6) is -0.347. The number of likely N-dealkylation sites (tertiary alicyclic amines) is 1. The number of amides is 2. The summed E-state index contributed by atoms with van der Waals surface area (Å²) >= 11 is 1.64. The topological polar surface area (TPSA) is 116 Å². The third-order valence-electron chi connectivity index (χ3n) is 9.38. The van der Waals surface area contributed by atoms with Gasteiger partial charge in [0.2, 0.25) is 11.8 Å². The molecule has 4 atom stereocenters. The number of thiophene rings is 1. The Kier molecular flexibility index (Phi) is 10.5. The van der Waals surface area contributed by atoms with Crippen molar-refractivity contribution in [1.29, 1.82) is 0 Å². The highest BCUT2D eigenvalue weighted by Crippen LogP contribution is 2.28. The summed E-state index contributed by atoms with van der Waals surface area (Å²) in [5, 5.41) is 4.16. The number of nitrogens with zero attached hydrogens (tertiary/aromatic N) is 5. The number of aromatic nitrogens is 1. The molecule has 2 amide bonds. The fourth-order valence-electron chi connectivity index (χ4n) is 6.81. The van der Waals surface area contributed by atoms with Crippen molar-refractivity contribution in [3.63, 3.8) is 0 Å². The number of unbranched alkanes of at least 4 members (excludes halogenated alkanes) is 1. The minimum Gasteiger partial charge on any atom is -0.455 e. The van der Waals surface area contributed by atoms with Gasteiger partial charge in [0.1, 0.15) is 12.1 Å². The van der Waals surface area contributed by atoms with Crippen LogP contribution in [0.4, 0.5) is 0 Å². The average Bonchev–Trinajstić information content (AvgIpc) is 3.69. The average molecular weight is 634 g/mol. The van der Waals surface area contributed by atoms with Crippen LogP contribution in [0.2, 0.25) is 0 Å². The molecule has 2 aromatic heterocycles. The van der Waals surface area contributed by atoms with Gasteiger partial charge in [-0.2, -0.15) is 0 Å². The molecule has 5 heterocycles. The van der Waals surface area contributed by atoms with Crippen molar-refractivity contribution in [2.24, 2.45) is 10.7 Å². The number of hydrogen-bond donors (Lipinski definition) is 2. The van der Waals surface area contributed by atoms with E-state index in [0.29, 0.717) is 38.6 Å². The fourth-order valence-corrected chi connectivity index (χ4v) is 7.79. The highest BCUT2D eigenvalue weighted by atomic mass is 32.1. The van der Waals surface area contributed by atoms with E-state index >= 15 is 0 Å². The first-order chi connectivity index (χ1) is 22.0. The van der Waals surface area contributed by atoms with E-state index in [2.05, 4.69) is 46.4 Å². The lowest BCUT2D eigenvalue weighted by atomic mass is 9.98. The maximum Gasteiger partial charge on any atom is 0.288 e. The van der Waals surface area contributed by atoms with Gasteiger partial charge < -0.3 is 30.5 Å². The number of piperidine rings is 1. The number of carbonyl (C=O) groups is 2. The molecule has 1 unspecified atom stereocenters. The lowest BCUT2D eigenvalue weighted by molar-refractivity contribution is -0.144. The van der Waals surface area contributed by atoms with Gasteiger partial charge in [-0.05, 0) is 82.8 Å². The van der Waals surface area contributed by atoms with Crippen LogP contribution in [0.25, 0.3) is 10.1 Å². The highest BCUT2D eigenvalue weighted by molar-refractivity contribution is 7.19. The van der Waals surface area contributed by atoms with Crippen molar-refractivity contribution in [3.05, 3.63) is 53.2 Å². The van der Waals surface area contributed by atoms with Gasteiger partial charge in [-0.1, -0.05) is 31.1 Å². The van der Waals surface area contributed by atoms with E-state index in [1.165, 1.54) is 32.4 Å². The molecule has 0 bridgehead atoms. The molecule has 0 spiro atoms. The molecule has 6 rings (SSSR count). The molecule has 2 saturated heterocycles. The highest BCUT2D eigenvalue weighted by Gasteiger charge is 2.41. The number of allylic oxidation sites excluding steroid dienone is 2. The Hall–Kier alpha value is -3.28. The normalized spacial score (nSPS) is 24.7. The van der Waals surface area contributed by atoms with Crippen LogP contribution in [0.3, 0.4) is 0 Å². The number of nitrogens with two attached hydrogens (primary N) is 1. The van der Waals surface area contributed by atoms with Crippen molar-refractivity contribution in [1.82, 2.24) is 25.0 Å². The lowest BCUT2D eigenvalue weighted by Gasteiger charge is -2.41. The zero-order valence-electron chi connectivity index (χ0n) is 26.4. The van der Waals surface area contributed by atoms with Gasteiger partial charge in [0.25, 0.3) is 6.02 Å². The van der Waals surface area contributed by atoms with E-state index in [0.717, 1.165) is 52.8 Å². The number of amidine groups is 1. The Morgan fingerprint density at radius 3 is 2.82 bits per heavy atom. The Morgan fingerprint density at radius 1 is 1.16 bits per heavy atom. The molecule has 11 heteroatoms. The molecule has 0 saturated carbocycles. The second-order valence-electron chi connectivity index (χ2n) is 12.7. The smallest absolute Gasteiger partial charge is 0.288 e. The number of nitrogens with one attached hydrogen (secondary N) is 1. The molecule has 45 heavy (non-hydrogen) atoms. The predicted octanol–water partition coefficient (Wildman–Crippen LogP) is 3.83. The zero-order valence-corrected chi connectivity index (χ0v) is 27.2. The van der Waals surface area contributed by atoms with Crippen LogP contribution >= 0.6 is 11.3 Å². The molecule has 0 aromatic carbocycles. The second-order valence-corrected chi connectivity index (χ2v) is 13.9. The largest absolute Gasteiger partial charge is 0.455 e. The number of pyridine rings is 1. The van der Waals surface area contributed by atoms with E-state index in [1.54, 1.807) is 22.4 Å². The molecule has 242 valence electrons. The number of rotatable bonds is 10. The van der Waals surface area contributed by atoms with Crippen LogP contribution < -0.4 is 11.1 Å². The van der Waals surface area contributed by atoms with Crippen molar-refractivity contribution >= 4 is 39.3 Å². The van der Waals surface area contributed by atoms with Crippen LogP contribution in [-0.2, 0) is 20.9 Å². The molecule has 2 aromatic rings. The SMILES string of the molecule is C[C@@H]1N=C(N2CCN(C(=O)[C@H](N)CCCCN3CCCCC3)[C@H](C(=O)NCc3cc4cnccc4s3)C2)OC1C1=CCCC=C1. The number of piperazine rings is 1. The first-order valence-corrected chi connectivity index (χ1v) is 17.5. The summed E-state index contributed by atoms with van der Waals surface area (Å²) in [6, 6.07) is 3.24. The molecule has 2 fully saturated rings. The van der Waals surface area contributed by atoms with Crippen LogP contribution in [0, 0.1) is 0 Å². The van der Waals surface area contributed by atoms with Crippen molar-refractivity contribution < 1.29 is 14.3 Å². The van der Waals surface area contributed by atoms with Crippen LogP contribution in [0.15, 0.2) is 53.3 Å². The minimum atomic E-state index is -0.698. The van der Waals surface area contributed by atoms with E-state index in [9.17, 15) is 9.59 Å². The van der Waals surface area contributed by atoms with E-state index in [-0.39, 0.29) is 24.0 Å². The standard InChI is InChI=1S/C34H47N7O3S/c1-24-31(25-10-4-2-5-11-25)44-34(38-24)40-18-19-41(33(43)28(35)12-6-9-17-39-15-7-3-8-16-39)29(23-40)32(42)37-22-27-20-26-21-36-14-13-30(26)45-27/h4,10-11,13-14,20-21,24,28-29,31H,2-3,5-9,12,15-19,22-23,35H2,1H3,(H,37,42)/t24-,28+,29-,31?/m0/s1.